The molecule has 4 heteroatoms. The highest BCUT2D eigenvalue weighted by atomic mass is 16.5. The highest BCUT2D eigenvalue weighted by Crippen LogP contribution is 2.16. The van der Waals surface area contributed by atoms with Gasteiger partial charge >= 0.3 is 0 Å². The minimum Gasteiger partial charge on any atom is -0.382 e. The number of nitrogens with one attached hydrogen (secondary N) is 1. The predicted molar refractivity (Wildman–Crippen MR) is 78.4 cm³/mol. The smallest absolute Gasteiger partial charge is 0.111 e. The van der Waals surface area contributed by atoms with Gasteiger partial charge in [-0.15, -0.1) is 0 Å². The first-order valence-electron chi connectivity index (χ1n) is 6.76. The number of methoxy groups -OCH3 is 1. The van der Waals surface area contributed by atoms with Gasteiger partial charge in [-0.05, 0) is 32.5 Å². The van der Waals surface area contributed by atoms with Gasteiger partial charge in [-0.2, -0.15) is 0 Å². The van der Waals surface area contributed by atoms with E-state index in [2.05, 4.69) is 42.1 Å². The summed E-state index contributed by atoms with van der Waals surface area (Å²) in [5, 5.41) is 3.35. The molecule has 0 spiro atoms. The summed E-state index contributed by atoms with van der Waals surface area (Å²) in [7, 11) is 5.83. The predicted octanol–water partition coefficient (Wildman–Crippen LogP) is 2.13. The molecule has 0 bridgehead atoms. The minimum absolute atomic E-state index is 0.257. The maximum Gasteiger partial charge on any atom is 0.111 e. The van der Waals surface area contributed by atoms with Gasteiger partial charge in [0.25, 0.3) is 0 Å². The third-order valence-corrected chi connectivity index (χ3v) is 3.74. The van der Waals surface area contributed by atoms with Crippen LogP contribution in [0.5, 0.6) is 0 Å². The Morgan fingerprint density at radius 1 is 1.37 bits per heavy atom. The van der Waals surface area contributed by atoms with Crippen molar-refractivity contribution in [1.82, 2.24) is 14.9 Å². The Morgan fingerprint density at radius 3 is 2.74 bits per heavy atom. The first-order chi connectivity index (χ1) is 9.15. The van der Waals surface area contributed by atoms with Gasteiger partial charge in [0.2, 0.25) is 0 Å². The largest absolute Gasteiger partial charge is 0.382 e. The molecule has 104 valence electrons. The van der Waals surface area contributed by atoms with Gasteiger partial charge in [0, 0.05) is 26.6 Å². The quantitative estimate of drug-likeness (QED) is 0.866. The number of hydrogen-bond donors (Lipinski definition) is 1. The van der Waals surface area contributed by atoms with E-state index in [-0.39, 0.29) is 6.10 Å². The SMILES string of the molecule is CNC(Cc1nc2ccccc2n1C)CC(C)OC. The average Bonchev–Trinajstić information content (AvgIpc) is 2.75. The molecule has 1 aromatic heterocycles. The molecule has 0 aliphatic heterocycles. The number of nitrogens with zero attached hydrogens (tertiary/aromatic N) is 2. The van der Waals surface area contributed by atoms with Gasteiger partial charge in [-0.25, -0.2) is 4.98 Å². The van der Waals surface area contributed by atoms with Crippen LogP contribution in [0.2, 0.25) is 0 Å². The molecule has 0 aliphatic rings. The van der Waals surface area contributed by atoms with Crippen LogP contribution in [0, 0.1) is 0 Å². The molecule has 0 radical (unpaired) electrons. The standard InChI is InChI=1S/C15H23N3O/c1-11(19-4)9-12(16-2)10-15-17-13-7-5-6-8-14(13)18(15)3/h5-8,11-12,16H,9-10H2,1-4H3. The van der Waals surface area contributed by atoms with E-state index in [1.807, 2.05) is 13.1 Å². The zero-order chi connectivity index (χ0) is 13.8. The number of rotatable bonds is 6. The number of benzene rings is 1. The van der Waals surface area contributed by atoms with Crippen molar-refractivity contribution in [3.8, 4) is 0 Å². The molecule has 1 heterocycles. The van der Waals surface area contributed by atoms with E-state index in [9.17, 15) is 0 Å². The fourth-order valence-electron chi connectivity index (χ4n) is 2.40. The molecule has 2 unspecified atom stereocenters. The van der Waals surface area contributed by atoms with Crippen molar-refractivity contribution >= 4 is 11.0 Å². The normalized spacial score (nSPS) is 14.7. The number of hydrogen-bond acceptors (Lipinski definition) is 3. The third-order valence-electron chi connectivity index (χ3n) is 3.74. The van der Waals surface area contributed by atoms with E-state index in [0.717, 1.165) is 24.2 Å². The number of aryl methyl sites for hydroxylation is 1. The van der Waals surface area contributed by atoms with Crippen LogP contribution in [0.25, 0.3) is 11.0 Å². The van der Waals surface area contributed by atoms with Gasteiger partial charge in [0.05, 0.1) is 17.1 Å². The van der Waals surface area contributed by atoms with Crippen molar-refractivity contribution in [2.75, 3.05) is 14.2 Å². The molecular formula is C15H23N3O. The Bertz CT molecular complexity index is 535. The van der Waals surface area contributed by atoms with Gasteiger partial charge in [0.1, 0.15) is 5.82 Å². The van der Waals surface area contributed by atoms with Crippen LogP contribution >= 0.6 is 0 Å². The maximum atomic E-state index is 5.34. The summed E-state index contributed by atoms with van der Waals surface area (Å²) in [6, 6.07) is 8.63. The zero-order valence-corrected chi connectivity index (χ0v) is 12.2. The summed E-state index contributed by atoms with van der Waals surface area (Å²) in [5.41, 5.74) is 2.25. The summed E-state index contributed by atoms with van der Waals surface area (Å²) >= 11 is 0. The lowest BCUT2D eigenvalue weighted by Gasteiger charge is -2.19. The topological polar surface area (TPSA) is 39.1 Å². The fraction of sp³-hybridized carbons (Fsp3) is 0.533. The van der Waals surface area contributed by atoms with Gasteiger partial charge in [0.15, 0.2) is 0 Å². The lowest BCUT2D eigenvalue weighted by atomic mass is 10.1. The molecule has 0 saturated carbocycles. The van der Waals surface area contributed by atoms with Crippen LogP contribution in [0.15, 0.2) is 24.3 Å². The van der Waals surface area contributed by atoms with E-state index in [0.29, 0.717) is 6.04 Å². The number of fused-ring (bicyclic) bond motifs is 1. The van der Waals surface area contributed by atoms with Crippen LogP contribution in [0.4, 0.5) is 0 Å². The second-order valence-electron chi connectivity index (χ2n) is 5.05. The van der Waals surface area contributed by atoms with E-state index in [1.54, 1.807) is 7.11 Å². The maximum absolute atomic E-state index is 5.34. The minimum atomic E-state index is 0.257. The van der Waals surface area contributed by atoms with Crippen LogP contribution in [-0.2, 0) is 18.2 Å². The highest BCUT2D eigenvalue weighted by Gasteiger charge is 2.15. The zero-order valence-electron chi connectivity index (χ0n) is 12.2. The Balaban J connectivity index is 2.17. The summed E-state index contributed by atoms with van der Waals surface area (Å²) in [4.78, 5) is 4.72. The first-order valence-corrected chi connectivity index (χ1v) is 6.76. The summed E-state index contributed by atoms with van der Waals surface area (Å²) in [6.45, 7) is 2.10. The van der Waals surface area contributed by atoms with Crippen LogP contribution in [0.3, 0.4) is 0 Å². The van der Waals surface area contributed by atoms with E-state index < -0.39 is 0 Å². The molecule has 2 aromatic rings. The van der Waals surface area contributed by atoms with Crippen LogP contribution in [-0.4, -0.2) is 35.9 Å². The summed E-state index contributed by atoms with van der Waals surface area (Å²) < 4.78 is 7.52. The van der Waals surface area contributed by atoms with Crippen molar-refractivity contribution in [3.63, 3.8) is 0 Å². The molecule has 0 amide bonds. The van der Waals surface area contributed by atoms with E-state index in [1.165, 1.54) is 5.52 Å². The molecule has 1 aromatic carbocycles. The van der Waals surface area contributed by atoms with Gasteiger partial charge in [-0.3, -0.25) is 0 Å². The number of likely N-dealkylation sites (N-methyl/N-ethyl adjacent to an activating group) is 1. The molecule has 19 heavy (non-hydrogen) atoms. The van der Waals surface area contributed by atoms with Crippen molar-refractivity contribution in [3.05, 3.63) is 30.1 Å². The van der Waals surface area contributed by atoms with Crippen molar-refractivity contribution in [1.29, 1.82) is 0 Å². The van der Waals surface area contributed by atoms with Crippen molar-refractivity contribution < 1.29 is 4.74 Å². The number of para-hydroxylation sites is 2. The van der Waals surface area contributed by atoms with Crippen molar-refractivity contribution in [2.45, 2.75) is 31.9 Å². The number of imidazole rings is 1. The summed E-state index contributed by atoms with van der Waals surface area (Å²) in [5.74, 6) is 1.11. The van der Waals surface area contributed by atoms with Crippen LogP contribution < -0.4 is 5.32 Å². The number of ether oxygens (including phenoxy) is 1. The molecule has 0 saturated heterocycles. The number of aromatic nitrogens is 2. The fourth-order valence-corrected chi connectivity index (χ4v) is 2.40. The molecule has 4 nitrogen and oxygen atoms in total. The third kappa shape index (κ3) is 3.14. The molecule has 2 atom stereocenters. The monoisotopic (exact) mass is 261 g/mol. The van der Waals surface area contributed by atoms with E-state index in [4.69, 9.17) is 9.72 Å². The lowest BCUT2D eigenvalue weighted by molar-refractivity contribution is 0.101. The van der Waals surface area contributed by atoms with Crippen molar-refractivity contribution in [2.24, 2.45) is 7.05 Å². The Hall–Kier alpha value is -1.39. The van der Waals surface area contributed by atoms with Crippen LogP contribution in [0.1, 0.15) is 19.2 Å². The molecule has 2 rings (SSSR count). The Labute approximate surface area is 114 Å². The first kappa shape index (κ1) is 14.0. The summed E-state index contributed by atoms with van der Waals surface area (Å²) in [6.07, 6.45) is 2.15. The second kappa shape index (κ2) is 6.17. The highest BCUT2D eigenvalue weighted by molar-refractivity contribution is 5.75. The second-order valence-corrected chi connectivity index (χ2v) is 5.05. The van der Waals surface area contributed by atoms with E-state index >= 15 is 0 Å². The van der Waals surface area contributed by atoms with Gasteiger partial charge in [-0.1, -0.05) is 12.1 Å². The Morgan fingerprint density at radius 2 is 2.11 bits per heavy atom. The van der Waals surface area contributed by atoms with Gasteiger partial charge < -0.3 is 14.6 Å². The lowest BCUT2D eigenvalue weighted by Crippen LogP contribution is -2.32. The average molecular weight is 261 g/mol. The molecule has 0 fully saturated rings. The molecular weight excluding hydrogens is 238 g/mol. The molecule has 0 aliphatic carbocycles. The Kier molecular flexibility index (Phi) is 4.56. The molecule has 1 N–H and O–H groups in total.